The van der Waals surface area contributed by atoms with E-state index in [1.165, 1.54) is 4.31 Å². The maximum absolute atomic E-state index is 13.6. The van der Waals surface area contributed by atoms with Crippen LogP contribution >= 0.6 is 0 Å². The highest BCUT2D eigenvalue weighted by molar-refractivity contribution is 7.89. The van der Waals surface area contributed by atoms with Crippen molar-refractivity contribution in [3.05, 3.63) is 54.1 Å². The molecule has 33 heavy (non-hydrogen) atoms. The molecule has 2 aromatic heterocycles. The van der Waals surface area contributed by atoms with Gasteiger partial charge in [0.15, 0.2) is 0 Å². The number of nitrogens with zero attached hydrogens (tertiary/aromatic N) is 3. The monoisotopic (exact) mass is 472 g/mol. The van der Waals surface area contributed by atoms with Crippen LogP contribution < -0.4 is 0 Å². The average molecular weight is 473 g/mol. The molecule has 0 unspecified atom stereocenters. The standard InChI is InChI=1S/C24H32N4O4S/c1-5-13-28(22(14-17(3)4)24(29)32-6-2)33(30,31)19-9-7-18(8-10-19)15-21-23-20(11-12-25-21)26-16-27-23/h7-12,16-17,22H,5-6,13-15H2,1-4H3,(H,26,27)/t22-/m0/s1. The first kappa shape index (κ1) is 24.9. The summed E-state index contributed by atoms with van der Waals surface area (Å²) in [5, 5.41) is 0. The van der Waals surface area contributed by atoms with Crippen molar-refractivity contribution >= 4 is 27.0 Å². The number of benzene rings is 1. The van der Waals surface area contributed by atoms with E-state index in [4.69, 9.17) is 4.74 Å². The van der Waals surface area contributed by atoms with Gasteiger partial charge in [-0.05, 0) is 49.4 Å². The van der Waals surface area contributed by atoms with Crippen molar-refractivity contribution in [3.8, 4) is 0 Å². The molecule has 9 heteroatoms. The second-order valence-electron chi connectivity index (χ2n) is 8.39. The number of rotatable bonds is 11. The Balaban J connectivity index is 1.88. The number of H-pyrrole nitrogens is 1. The van der Waals surface area contributed by atoms with E-state index < -0.39 is 22.0 Å². The molecule has 0 radical (unpaired) electrons. The zero-order valence-electron chi connectivity index (χ0n) is 19.6. The number of hydrogen-bond acceptors (Lipinski definition) is 6. The number of carbonyl (C=O) groups excluding carboxylic acids is 1. The highest BCUT2D eigenvalue weighted by Crippen LogP contribution is 2.25. The molecule has 1 aromatic carbocycles. The molecular weight excluding hydrogens is 440 g/mol. The normalized spacial score (nSPS) is 13.0. The topological polar surface area (TPSA) is 105 Å². The predicted molar refractivity (Wildman–Crippen MR) is 127 cm³/mol. The predicted octanol–water partition coefficient (Wildman–Crippen LogP) is 3.93. The van der Waals surface area contributed by atoms with Gasteiger partial charge in [0.2, 0.25) is 10.0 Å². The van der Waals surface area contributed by atoms with Crippen molar-refractivity contribution in [1.82, 2.24) is 19.3 Å². The Labute approximate surface area is 195 Å². The van der Waals surface area contributed by atoms with E-state index in [1.807, 2.05) is 26.8 Å². The Hall–Kier alpha value is -2.78. The zero-order valence-corrected chi connectivity index (χ0v) is 20.4. The third-order valence-corrected chi connectivity index (χ3v) is 7.28. The minimum atomic E-state index is -3.89. The number of esters is 1. The van der Waals surface area contributed by atoms with E-state index in [0.29, 0.717) is 19.3 Å². The number of carbonyl (C=O) groups is 1. The largest absolute Gasteiger partial charge is 0.465 e. The molecule has 0 aliphatic carbocycles. The number of fused-ring (bicyclic) bond motifs is 1. The lowest BCUT2D eigenvalue weighted by Gasteiger charge is -2.30. The van der Waals surface area contributed by atoms with Crippen LogP contribution in [0, 0.1) is 5.92 Å². The van der Waals surface area contributed by atoms with Gasteiger partial charge in [-0.25, -0.2) is 13.4 Å². The Morgan fingerprint density at radius 1 is 1.12 bits per heavy atom. The van der Waals surface area contributed by atoms with Crippen molar-refractivity contribution in [2.75, 3.05) is 13.2 Å². The molecule has 178 valence electrons. The number of nitrogens with one attached hydrogen (secondary N) is 1. The fraction of sp³-hybridized carbons (Fsp3) is 0.458. The number of aromatic amines is 1. The molecule has 3 rings (SSSR count). The molecule has 0 fully saturated rings. The molecule has 8 nitrogen and oxygen atoms in total. The van der Waals surface area contributed by atoms with Gasteiger partial charge in [-0.1, -0.05) is 32.9 Å². The summed E-state index contributed by atoms with van der Waals surface area (Å²) in [5.74, 6) is -0.369. The molecule has 0 aliphatic rings. The quantitative estimate of drug-likeness (QED) is 0.424. The summed E-state index contributed by atoms with van der Waals surface area (Å²) in [7, 11) is -3.89. The average Bonchev–Trinajstić information content (AvgIpc) is 3.26. The molecule has 0 bridgehead atoms. The number of pyridine rings is 1. The van der Waals surface area contributed by atoms with E-state index in [0.717, 1.165) is 22.3 Å². The van der Waals surface area contributed by atoms with Crippen LogP contribution in [0.3, 0.4) is 0 Å². The highest BCUT2D eigenvalue weighted by atomic mass is 32.2. The first-order valence-corrected chi connectivity index (χ1v) is 12.8. The van der Waals surface area contributed by atoms with Gasteiger partial charge in [-0.2, -0.15) is 4.31 Å². The fourth-order valence-electron chi connectivity index (χ4n) is 3.84. The summed E-state index contributed by atoms with van der Waals surface area (Å²) < 4.78 is 33.6. The maximum atomic E-state index is 13.6. The van der Waals surface area contributed by atoms with Crippen LogP contribution in [-0.2, 0) is 26.0 Å². The van der Waals surface area contributed by atoms with Gasteiger partial charge in [0.1, 0.15) is 11.6 Å². The van der Waals surface area contributed by atoms with Gasteiger partial charge >= 0.3 is 5.97 Å². The van der Waals surface area contributed by atoms with E-state index >= 15 is 0 Å². The first-order valence-electron chi connectivity index (χ1n) is 11.3. The number of sulfonamides is 1. The van der Waals surface area contributed by atoms with Gasteiger partial charge in [-0.3, -0.25) is 9.78 Å². The van der Waals surface area contributed by atoms with Crippen LogP contribution in [-0.4, -0.2) is 52.8 Å². The Morgan fingerprint density at radius 3 is 2.48 bits per heavy atom. The molecular formula is C24H32N4O4S. The van der Waals surface area contributed by atoms with Crippen molar-refractivity contribution < 1.29 is 17.9 Å². The van der Waals surface area contributed by atoms with Crippen LogP contribution in [0.5, 0.6) is 0 Å². The zero-order chi connectivity index (χ0) is 24.0. The minimum absolute atomic E-state index is 0.133. The van der Waals surface area contributed by atoms with Crippen LogP contribution in [0.15, 0.2) is 47.8 Å². The fourth-order valence-corrected chi connectivity index (χ4v) is 5.52. The van der Waals surface area contributed by atoms with Crippen LogP contribution in [0.4, 0.5) is 0 Å². The molecule has 0 aliphatic heterocycles. The van der Waals surface area contributed by atoms with E-state index in [-0.39, 0.29) is 24.0 Å². The van der Waals surface area contributed by atoms with Crippen molar-refractivity contribution in [1.29, 1.82) is 0 Å². The summed E-state index contributed by atoms with van der Waals surface area (Å²) in [6, 6.07) is 7.76. The molecule has 2 heterocycles. The van der Waals surface area contributed by atoms with Gasteiger partial charge in [-0.15, -0.1) is 0 Å². The van der Waals surface area contributed by atoms with Crippen LogP contribution in [0.1, 0.15) is 51.8 Å². The molecule has 1 atom stereocenters. The Bertz CT molecular complexity index is 1170. The van der Waals surface area contributed by atoms with E-state index in [9.17, 15) is 13.2 Å². The third-order valence-electron chi connectivity index (χ3n) is 5.36. The van der Waals surface area contributed by atoms with Crippen molar-refractivity contribution in [3.63, 3.8) is 0 Å². The molecule has 0 amide bonds. The molecule has 3 aromatic rings. The molecule has 0 saturated heterocycles. The summed E-state index contributed by atoms with van der Waals surface area (Å²) >= 11 is 0. The lowest BCUT2D eigenvalue weighted by Crippen LogP contribution is -2.46. The van der Waals surface area contributed by atoms with Gasteiger partial charge in [0, 0.05) is 19.2 Å². The van der Waals surface area contributed by atoms with E-state index in [2.05, 4.69) is 15.0 Å². The van der Waals surface area contributed by atoms with Gasteiger partial charge < -0.3 is 9.72 Å². The summed E-state index contributed by atoms with van der Waals surface area (Å²) in [6.07, 6.45) is 4.87. The molecule has 1 N–H and O–H groups in total. The number of hydrogen-bond donors (Lipinski definition) is 1. The van der Waals surface area contributed by atoms with Crippen molar-refractivity contribution in [2.45, 2.75) is 57.9 Å². The number of imidazole rings is 1. The lowest BCUT2D eigenvalue weighted by molar-refractivity contribution is -0.148. The van der Waals surface area contributed by atoms with Crippen molar-refractivity contribution in [2.24, 2.45) is 5.92 Å². The maximum Gasteiger partial charge on any atom is 0.324 e. The Morgan fingerprint density at radius 2 is 1.85 bits per heavy atom. The van der Waals surface area contributed by atoms with Gasteiger partial charge in [0.25, 0.3) is 0 Å². The SMILES string of the molecule is CCCN([C@@H](CC(C)C)C(=O)OCC)S(=O)(=O)c1ccc(Cc2nccc3[nH]cnc23)cc1. The van der Waals surface area contributed by atoms with Gasteiger partial charge in [0.05, 0.1) is 29.0 Å². The van der Waals surface area contributed by atoms with Crippen LogP contribution in [0.2, 0.25) is 0 Å². The molecule has 0 spiro atoms. The minimum Gasteiger partial charge on any atom is -0.465 e. The number of aromatic nitrogens is 3. The summed E-state index contributed by atoms with van der Waals surface area (Å²) in [4.78, 5) is 24.6. The Kier molecular flexibility index (Phi) is 8.20. The van der Waals surface area contributed by atoms with Crippen LogP contribution in [0.25, 0.3) is 11.0 Å². The third kappa shape index (κ3) is 5.78. The molecule has 0 saturated carbocycles. The summed E-state index contributed by atoms with van der Waals surface area (Å²) in [6.45, 7) is 7.99. The summed E-state index contributed by atoms with van der Waals surface area (Å²) in [5.41, 5.74) is 3.44. The number of ether oxygens (including phenoxy) is 1. The van der Waals surface area contributed by atoms with E-state index in [1.54, 1.807) is 43.7 Å². The first-order chi connectivity index (χ1) is 15.8. The second kappa shape index (κ2) is 10.9. The second-order valence-corrected chi connectivity index (χ2v) is 10.3. The highest BCUT2D eigenvalue weighted by Gasteiger charge is 2.36. The smallest absolute Gasteiger partial charge is 0.324 e. The lowest BCUT2D eigenvalue weighted by atomic mass is 10.0.